The first-order chi connectivity index (χ1) is 8.01. The molecule has 0 bridgehead atoms. The van der Waals surface area contributed by atoms with Crippen molar-refractivity contribution in [3.63, 3.8) is 0 Å². The van der Waals surface area contributed by atoms with Crippen LogP contribution < -0.4 is 0 Å². The second-order valence-corrected chi connectivity index (χ2v) is 5.01. The van der Waals surface area contributed by atoms with E-state index in [2.05, 4.69) is 9.97 Å². The Morgan fingerprint density at radius 2 is 1.88 bits per heavy atom. The van der Waals surface area contributed by atoms with E-state index in [9.17, 15) is 18.5 Å². The van der Waals surface area contributed by atoms with Gasteiger partial charge in [-0.2, -0.15) is 4.98 Å². The first kappa shape index (κ1) is 11.3. The first-order valence-corrected chi connectivity index (χ1v) is 5.99. The number of benzene rings is 1. The normalized spacial score (nSPS) is 11.3. The van der Waals surface area contributed by atoms with Crippen molar-refractivity contribution in [1.82, 2.24) is 9.97 Å². The van der Waals surface area contributed by atoms with E-state index < -0.39 is 25.7 Å². The van der Waals surface area contributed by atoms with Crippen molar-refractivity contribution < 1.29 is 13.3 Å². The van der Waals surface area contributed by atoms with Crippen LogP contribution in [-0.2, 0) is 9.84 Å². The summed E-state index contributed by atoms with van der Waals surface area (Å²) in [5.41, 5.74) is 0. The number of nitro groups is 1. The highest BCUT2D eigenvalue weighted by atomic mass is 32.2. The largest absolute Gasteiger partial charge is 0.358 e. The van der Waals surface area contributed by atoms with E-state index in [0.29, 0.717) is 0 Å². The van der Waals surface area contributed by atoms with E-state index in [4.69, 9.17) is 0 Å². The number of aromatic amines is 1. The molecule has 0 amide bonds. The Hall–Kier alpha value is -2.22. The van der Waals surface area contributed by atoms with Crippen LogP contribution in [0.1, 0.15) is 0 Å². The van der Waals surface area contributed by atoms with Crippen LogP contribution in [0.2, 0.25) is 0 Å². The molecule has 0 aliphatic heterocycles. The Labute approximate surface area is 96.2 Å². The summed E-state index contributed by atoms with van der Waals surface area (Å²) in [7, 11) is -3.82. The van der Waals surface area contributed by atoms with Gasteiger partial charge in [-0.3, -0.25) is 0 Å². The maximum absolute atomic E-state index is 12.0. The quantitative estimate of drug-likeness (QED) is 0.652. The average molecular weight is 253 g/mol. The lowest BCUT2D eigenvalue weighted by molar-refractivity contribution is -0.389. The third kappa shape index (κ3) is 2.02. The van der Waals surface area contributed by atoms with E-state index in [1.54, 1.807) is 18.2 Å². The summed E-state index contributed by atoms with van der Waals surface area (Å²) in [5, 5.41) is 9.98. The lowest BCUT2D eigenvalue weighted by atomic mass is 10.4. The Kier molecular flexibility index (Phi) is 2.64. The number of sulfone groups is 1. The summed E-state index contributed by atoms with van der Waals surface area (Å²) < 4.78 is 23.9. The SMILES string of the molecule is O=[N+]([O-])c1cnc(S(=O)(=O)c2ccccc2)[nH]1. The topological polar surface area (TPSA) is 106 Å². The molecule has 2 rings (SSSR count). The van der Waals surface area contributed by atoms with Crippen LogP contribution in [-0.4, -0.2) is 23.3 Å². The summed E-state index contributed by atoms with van der Waals surface area (Å²) in [5.74, 6) is -0.459. The van der Waals surface area contributed by atoms with Crippen LogP contribution in [0.4, 0.5) is 5.82 Å². The minimum Gasteiger partial charge on any atom is -0.358 e. The number of aromatic nitrogens is 2. The molecule has 0 aliphatic rings. The van der Waals surface area contributed by atoms with Crippen molar-refractivity contribution in [2.24, 2.45) is 0 Å². The lowest BCUT2D eigenvalue weighted by Crippen LogP contribution is -2.04. The van der Waals surface area contributed by atoms with Crippen LogP contribution in [0.5, 0.6) is 0 Å². The van der Waals surface area contributed by atoms with Gasteiger partial charge < -0.3 is 10.1 Å². The van der Waals surface area contributed by atoms with E-state index in [-0.39, 0.29) is 4.90 Å². The van der Waals surface area contributed by atoms with Crippen LogP contribution >= 0.6 is 0 Å². The number of hydrogen-bond donors (Lipinski definition) is 1. The highest BCUT2D eigenvalue weighted by Gasteiger charge is 2.25. The molecule has 0 radical (unpaired) electrons. The van der Waals surface area contributed by atoms with Gasteiger partial charge in [0.15, 0.2) is 0 Å². The highest BCUT2D eigenvalue weighted by Crippen LogP contribution is 2.19. The molecule has 0 fully saturated rings. The van der Waals surface area contributed by atoms with Gasteiger partial charge in [-0.25, -0.2) is 13.4 Å². The molecule has 0 unspecified atom stereocenters. The van der Waals surface area contributed by atoms with Crippen LogP contribution in [0.25, 0.3) is 0 Å². The zero-order valence-corrected chi connectivity index (χ0v) is 9.22. The maximum Gasteiger partial charge on any atom is 0.341 e. The molecule has 0 saturated heterocycles. The van der Waals surface area contributed by atoms with Crippen molar-refractivity contribution in [3.8, 4) is 0 Å². The zero-order chi connectivity index (χ0) is 12.5. The van der Waals surface area contributed by atoms with Gasteiger partial charge in [-0.15, -0.1) is 0 Å². The molecule has 7 nitrogen and oxygen atoms in total. The zero-order valence-electron chi connectivity index (χ0n) is 8.40. The number of nitrogens with one attached hydrogen (secondary N) is 1. The van der Waals surface area contributed by atoms with Crippen LogP contribution in [0, 0.1) is 10.1 Å². The molecule has 8 heteroatoms. The Morgan fingerprint density at radius 1 is 1.24 bits per heavy atom. The maximum atomic E-state index is 12.0. The molecule has 88 valence electrons. The van der Waals surface area contributed by atoms with Crippen molar-refractivity contribution in [3.05, 3.63) is 46.6 Å². The molecule has 17 heavy (non-hydrogen) atoms. The fraction of sp³-hybridized carbons (Fsp3) is 0. The van der Waals surface area contributed by atoms with Crippen molar-refractivity contribution in [2.75, 3.05) is 0 Å². The average Bonchev–Trinajstić information content (AvgIpc) is 2.80. The third-order valence-corrected chi connectivity index (χ3v) is 3.65. The first-order valence-electron chi connectivity index (χ1n) is 4.51. The predicted octanol–water partition coefficient (Wildman–Crippen LogP) is 1.15. The number of imidazole rings is 1. The van der Waals surface area contributed by atoms with E-state index in [1.807, 2.05) is 0 Å². The Bertz CT molecular complexity index is 648. The van der Waals surface area contributed by atoms with Gasteiger partial charge in [-0.05, 0) is 17.1 Å². The van der Waals surface area contributed by atoms with Gasteiger partial charge >= 0.3 is 11.0 Å². The summed E-state index contributed by atoms with van der Waals surface area (Å²) in [4.78, 5) is 15.4. The van der Waals surface area contributed by atoms with Gasteiger partial charge in [-0.1, -0.05) is 18.2 Å². The minimum absolute atomic E-state index is 0.0317. The molecule has 0 aliphatic carbocycles. The standard InChI is InChI=1S/C9H7N3O4S/c13-12(14)8-6-10-9(11-8)17(15,16)7-4-2-1-3-5-7/h1-6H,(H,10,11). The van der Waals surface area contributed by atoms with Crippen LogP contribution in [0.15, 0.2) is 46.6 Å². The van der Waals surface area contributed by atoms with E-state index >= 15 is 0 Å². The van der Waals surface area contributed by atoms with Crippen LogP contribution in [0.3, 0.4) is 0 Å². The molecule has 1 aromatic heterocycles. The highest BCUT2D eigenvalue weighted by molar-refractivity contribution is 7.91. The third-order valence-electron chi connectivity index (χ3n) is 2.04. The molecule has 1 aromatic carbocycles. The molecule has 2 aromatic rings. The summed E-state index contributed by atoms with van der Waals surface area (Å²) in [6, 6.07) is 7.57. The number of nitrogens with zero attached hydrogens (tertiary/aromatic N) is 2. The Morgan fingerprint density at radius 3 is 2.41 bits per heavy atom. The molecule has 0 saturated carbocycles. The molecular weight excluding hydrogens is 246 g/mol. The molecule has 0 atom stereocenters. The van der Waals surface area contributed by atoms with E-state index in [1.165, 1.54) is 12.1 Å². The summed E-state index contributed by atoms with van der Waals surface area (Å²) >= 11 is 0. The number of hydrogen-bond acceptors (Lipinski definition) is 5. The second-order valence-electron chi connectivity index (χ2n) is 3.15. The van der Waals surface area contributed by atoms with Gasteiger partial charge in [0.1, 0.15) is 6.20 Å². The Balaban J connectivity index is 2.49. The fourth-order valence-corrected chi connectivity index (χ4v) is 2.40. The molecule has 1 N–H and O–H groups in total. The monoisotopic (exact) mass is 253 g/mol. The summed E-state index contributed by atoms with van der Waals surface area (Å²) in [6.07, 6.45) is 0.871. The van der Waals surface area contributed by atoms with Crippen molar-refractivity contribution in [2.45, 2.75) is 10.1 Å². The number of H-pyrrole nitrogens is 1. The van der Waals surface area contributed by atoms with Gasteiger partial charge in [0.25, 0.3) is 9.84 Å². The fourth-order valence-electron chi connectivity index (χ4n) is 1.23. The molecular formula is C9H7N3O4S. The number of rotatable bonds is 3. The lowest BCUT2D eigenvalue weighted by Gasteiger charge is -1.97. The van der Waals surface area contributed by atoms with Gasteiger partial charge in [0.05, 0.1) is 4.90 Å². The predicted molar refractivity (Wildman–Crippen MR) is 57.1 cm³/mol. The van der Waals surface area contributed by atoms with Crippen molar-refractivity contribution in [1.29, 1.82) is 0 Å². The van der Waals surface area contributed by atoms with E-state index in [0.717, 1.165) is 6.20 Å². The second kappa shape index (κ2) is 3.98. The van der Waals surface area contributed by atoms with Gasteiger partial charge in [0, 0.05) is 0 Å². The molecule has 0 spiro atoms. The molecule has 1 heterocycles. The smallest absolute Gasteiger partial charge is 0.341 e. The van der Waals surface area contributed by atoms with Gasteiger partial charge in [0.2, 0.25) is 0 Å². The minimum atomic E-state index is -3.82. The summed E-state index contributed by atoms with van der Waals surface area (Å²) in [6.45, 7) is 0. The van der Waals surface area contributed by atoms with Crippen molar-refractivity contribution >= 4 is 15.7 Å².